The summed E-state index contributed by atoms with van der Waals surface area (Å²) in [6, 6.07) is 13.0. The van der Waals surface area contributed by atoms with Gasteiger partial charge < -0.3 is 13.9 Å². The van der Waals surface area contributed by atoms with Crippen LogP contribution in [0.3, 0.4) is 0 Å². The number of rotatable bonds is 7. The number of non-ortho nitro benzene ring substituents is 1. The molecule has 2 aromatic carbocycles. The van der Waals surface area contributed by atoms with E-state index < -0.39 is 17.0 Å². The maximum Gasteiger partial charge on any atom is 0.344 e. The van der Waals surface area contributed by atoms with Crippen molar-refractivity contribution >= 4 is 11.7 Å². The highest BCUT2D eigenvalue weighted by Crippen LogP contribution is 2.23. The minimum atomic E-state index is -0.750. The predicted molar refractivity (Wildman–Crippen MR) is 97.6 cm³/mol. The van der Waals surface area contributed by atoms with Crippen molar-refractivity contribution in [2.75, 3.05) is 6.61 Å². The van der Waals surface area contributed by atoms with Crippen LogP contribution in [0.2, 0.25) is 0 Å². The van der Waals surface area contributed by atoms with Crippen LogP contribution in [0.15, 0.2) is 52.9 Å². The van der Waals surface area contributed by atoms with Crippen molar-refractivity contribution in [1.29, 1.82) is 0 Å². The summed E-state index contributed by atoms with van der Waals surface area (Å²) in [7, 11) is 0. The largest absolute Gasteiger partial charge is 0.482 e. The van der Waals surface area contributed by atoms with Crippen LogP contribution in [0.1, 0.15) is 24.5 Å². The molecule has 3 rings (SSSR count). The molecule has 28 heavy (non-hydrogen) atoms. The van der Waals surface area contributed by atoms with E-state index >= 15 is 0 Å². The standard InChI is InChI=1S/C19H17N3O6/c1-12-3-5-14(6-4-12)19-21-20-18(28-19)13(2)27-17(23)11-26-16-9-7-15(8-10-16)22(24)25/h3-10,13H,11H2,1-2H3/t13-/m0/s1. The van der Waals surface area contributed by atoms with Crippen LogP contribution in [0.4, 0.5) is 5.69 Å². The number of ether oxygens (including phenoxy) is 2. The third-order valence-electron chi connectivity index (χ3n) is 3.80. The number of nitro benzene ring substituents is 1. The SMILES string of the molecule is Cc1ccc(-c2nnc([C@H](C)OC(=O)COc3ccc([N+](=O)[O-])cc3)o2)cc1. The molecule has 0 fully saturated rings. The number of hydrogen-bond acceptors (Lipinski definition) is 8. The Balaban J connectivity index is 1.54. The van der Waals surface area contributed by atoms with Gasteiger partial charge in [-0.3, -0.25) is 10.1 Å². The molecule has 144 valence electrons. The first-order valence-electron chi connectivity index (χ1n) is 8.39. The number of aromatic nitrogens is 2. The smallest absolute Gasteiger partial charge is 0.344 e. The van der Waals surface area contributed by atoms with Crippen LogP contribution in [0, 0.1) is 17.0 Å². The number of nitro groups is 1. The Bertz CT molecular complexity index is 966. The number of esters is 1. The van der Waals surface area contributed by atoms with Crippen LogP contribution in [-0.4, -0.2) is 27.7 Å². The van der Waals surface area contributed by atoms with Gasteiger partial charge in [-0.15, -0.1) is 10.2 Å². The van der Waals surface area contributed by atoms with Gasteiger partial charge in [-0.1, -0.05) is 17.7 Å². The molecule has 0 bridgehead atoms. The molecule has 0 amide bonds. The fourth-order valence-corrected chi connectivity index (χ4v) is 2.30. The van der Waals surface area contributed by atoms with Crippen molar-refractivity contribution in [3.05, 3.63) is 70.1 Å². The fourth-order valence-electron chi connectivity index (χ4n) is 2.30. The maximum absolute atomic E-state index is 11.9. The summed E-state index contributed by atoms with van der Waals surface area (Å²) >= 11 is 0. The Morgan fingerprint density at radius 2 is 1.82 bits per heavy atom. The van der Waals surface area contributed by atoms with Gasteiger partial charge in [0.05, 0.1) is 4.92 Å². The molecule has 0 aliphatic rings. The molecule has 0 unspecified atom stereocenters. The molecular weight excluding hydrogens is 366 g/mol. The van der Waals surface area contributed by atoms with Gasteiger partial charge in [-0.05, 0) is 38.1 Å². The van der Waals surface area contributed by atoms with Crippen LogP contribution >= 0.6 is 0 Å². The van der Waals surface area contributed by atoms with Crippen molar-refractivity contribution in [1.82, 2.24) is 10.2 Å². The molecule has 0 aliphatic carbocycles. The van der Waals surface area contributed by atoms with E-state index in [0.29, 0.717) is 11.6 Å². The van der Waals surface area contributed by atoms with Gasteiger partial charge in [0.25, 0.3) is 11.6 Å². The third kappa shape index (κ3) is 4.70. The van der Waals surface area contributed by atoms with Crippen molar-refractivity contribution in [2.45, 2.75) is 20.0 Å². The van der Waals surface area contributed by atoms with Crippen LogP contribution in [0.5, 0.6) is 5.75 Å². The molecule has 9 nitrogen and oxygen atoms in total. The van der Waals surface area contributed by atoms with Crippen molar-refractivity contribution in [2.24, 2.45) is 0 Å². The number of carbonyl (C=O) groups is 1. The first-order valence-corrected chi connectivity index (χ1v) is 8.39. The lowest BCUT2D eigenvalue weighted by molar-refractivity contribution is -0.384. The van der Waals surface area contributed by atoms with Gasteiger partial charge in [0, 0.05) is 17.7 Å². The second-order valence-electron chi connectivity index (χ2n) is 5.98. The molecule has 1 atom stereocenters. The molecule has 0 saturated heterocycles. The Morgan fingerprint density at radius 3 is 2.46 bits per heavy atom. The molecule has 0 aliphatic heterocycles. The van der Waals surface area contributed by atoms with Crippen LogP contribution < -0.4 is 4.74 Å². The Labute approximate surface area is 160 Å². The lowest BCUT2D eigenvalue weighted by atomic mass is 10.1. The van der Waals surface area contributed by atoms with Crippen LogP contribution in [0.25, 0.3) is 11.5 Å². The monoisotopic (exact) mass is 383 g/mol. The maximum atomic E-state index is 11.9. The van der Waals surface area contributed by atoms with Gasteiger partial charge in [0.15, 0.2) is 12.7 Å². The minimum absolute atomic E-state index is 0.0654. The van der Waals surface area contributed by atoms with Gasteiger partial charge in [0.2, 0.25) is 5.89 Å². The number of hydrogen-bond donors (Lipinski definition) is 0. The summed E-state index contributed by atoms with van der Waals surface area (Å²) < 4.78 is 16.0. The highest BCUT2D eigenvalue weighted by molar-refractivity contribution is 5.71. The quantitative estimate of drug-likeness (QED) is 0.345. The van der Waals surface area contributed by atoms with Gasteiger partial charge in [-0.2, -0.15) is 0 Å². The van der Waals surface area contributed by atoms with E-state index in [9.17, 15) is 14.9 Å². The summed E-state index contributed by atoms with van der Waals surface area (Å²) in [5.74, 6) is 0.176. The first-order chi connectivity index (χ1) is 13.4. The topological polar surface area (TPSA) is 118 Å². The summed E-state index contributed by atoms with van der Waals surface area (Å²) in [5.41, 5.74) is 1.81. The Hall–Kier alpha value is -3.75. The van der Waals surface area contributed by atoms with E-state index in [1.807, 2.05) is 31.2 Å². The molecule has 1 aromatic heterocycles. The first kappa shape index (κ1) is 19.0. The Kier molecular flexibility index (Phi) is 5.64. The highest BCUT2D eigenvalue weighted by Gasteiger charge is 2.19. The average molecular weight is 383 g/mol. The third-order valence-corrected chi connectivity index (χ3v) is 3.80. The summed E-state index contributed by atoms with van der Waals surface area (Å²) in [4.78, 5) is 22.0. The summed E-state index contributed by atoms with van der Waals surface area (Å²) in [6.45, 7) is 3.22. The lowest BCUT2D eigenvalue weighted by Crippen LogP contribution is -2.17. The molecule has 0 N–H and O–H groups in total. The second-order valence-corrected chi connectivity index (χ2v) is 5.98. The zero-order chi connectivity index (χ0) is 20.1. The average Bonchev–Trinajstić information content (AvgIpc) is 3.17. The zero-order valence-corrected chi connectivity index (χ0v) is 15.2. The van der Waals surface area contributed by atoms with Crippen molar-refractivity contribution in [3.63, 3.8) is 0 Å². The predicted octanol–water partition coefficient (Wildman–Crippen LogP) is 3.64. The van der Waals surface area contributed by atoms with Gasteiger partial charge in [0.1, 0.15) is 5.75 Å². The molecule has 0 spiro atoms. The van der Waals surface area contributed by atoms with E-state index in [-0.39, 0.29) is 18.2 Å². The zero-order valence-electron chi connectivity index (χ0n) is 15.2. The Morgan fingerprint density at radius 1 is 1.14 bits per heavy atom. The van der Waals surface area contributed by atoms with E-state index in [2.05, 4.69) is 10.2 Å². The number of benzene rings is 2. The lowest BCUT2D eigenvalue weighted by Gasteiger charge is -2.10. The fraction of sp³-hybridized carbons (Fsp3) is 0.211. The number of carbonyl (C=O) groups excluding carboxylic acids is 1. The van der Waals surface area contributed by atoms with E-state index in [1.54, 1.807) is 6.92 Å². The van der Waals surface area contributed by atoms with Gasteiger partial charge >= 0.3 is 5.97 Å². The number of aryl methyl sites for hydroxylation is 1. The molecule has 0 radical (unpaired) electrons. The molecule has 9 heteroatoms. The van der Waals surface area contributed by atoms with E-state index in [0.717, 1.165) is 11.1 Å². The normalized spacial score (nSPS) is 11.6. The van der Waals surface area contributed by atoms with Crippen molar-refractivity contribution in [3.8, 4) is 17.2 Å². The molecular formula is C19H17N3O6. The molecule has 3 aromatic rings. The number of nitrogens with zero attached hydrogens (tertiary/aromatic N) is 3. The van der Waals surface area contributed by atoms with Crippen LogP contribution in [-0.2, 0) is 9.53 Å². The minimum Gasteiger partial charge on any atom is -0.482 e. The van der Waals surface area contributed by atoms with E-state index in [1.165, 1.54) is 24.3 Å². The second kappa shape index (κ2) is 8.30. The summed E-state index contributed by atoms with van der Waals surface area (Å²) in [5, 5.41) is 18.5. The van der Waals surface area contributed by atoms with E-state index in [4.69, 9.17) is 13.9 Å². The molecule has 0 saturated carbocycles. The van der Waals surface area contributed by atoms with Crippen molar-refractivity contribution < 1.29 is 23.6 Å². The van der Waals surface area contributed by atoms with Gasteiger partial charge in [-0.25, -0.2) is 4.79 Å². The summed E-state index contributed by atoms with van der Waals surface area (Å²) in [6.07, 6.45) is -0.750. The molecule has 1 heterocycles. The highest BCUT2D eigenvalue weighted by atomic mass is 16.6.